The predicted octanol–water partition coefficient (Wildman–Crippen LogP) is 6.82. The van der Waals surface area contributed by atoms with Crippen LogP contribution < -0.4 is 8.92 Å². The third kappa shape index (κ3) is 6.12. The largest absolute Gasteiger partial charge is 0.490 e. The molecular weight excluding hydrogens is 572 g/mol. The molecule has 0 saturated heterocycles. The van der Waals surface area contributed by atoms with Gasteiger partial charge in [0.05, 0.1) is 15.9 Å². The molecule has 3 rings (SSSR count). The Hall–Kier alpha value is -1.81. The fraction of sp³-hybridized carbons (Fsp3) is 0.136. The van der Waals surface area contributed by atoms with Gasteiger partial charge in [-0.05, 0) is 96.1 Å². The molecule has 0 spiro atoms. The molecule has 0 atom stereocenters. The molecule has 0 bridgehead atoms. The van der Waals surface area contributed by atoms with Crippen LogP contribution in [0.2, 0.25) is 10.0 Å². The van der Waals surface area contributed by atoms with Gasteiger partial charge in [0, 0.05) is 16.3 Å². The van der Waals surface area contributed by atoms with E-state index in [9.17, 15) is 8.42 Å². The zero-order chi connectivity index (χ0) is 22.6. The summed E-state index contributed by atoms with van der Waals surface area (Å²) in [4.78, 5) is 4.44. The van der Waals surface area contributed by atoms with E-state index >= 15 is 0 Å². The molecule has 0 amide bonds. The van der Waals surface area contributed by atoms with Crippen LogP contribution in [0, 0.1) is 10.5 Å². The number of benzene rings is 3. The van der Waals surface area contributed by atoms with Crippen molar-refractivity contribution in [3.8, 4) is 11.5 Å². The lowest BCUT2D eigenvalue weighted by Crippen LogP contribution is -2.12. The van der Waals surface area contributed by atoms with Gasteiger partial charge in [-0.1, -0.05) is 29.3 Å². The third-order valence-electron chi connectivity index (χ3n) is 4.15. The van der Waals surface area contributed by atoms with E-state index in [2.05, 4.69) is 4.99 Å². The zero-order valence-corrected chi connectivity index (χ0v) is 21.1. The van der Waals surface area contributed by atoms with Crippen molar-refractivity contribution in [3.05, 3.63) is 79.3 Å². The topological polar surface area (TPSA) is 65.0 Å². The first-order valence-corrected chi connectivity index (χ1v) is 12.4. The Balaban J connectivity index is 1.93. The van der Waals surface area contributed by atoms with Gasteiger partial charge < -0.3 is 8.92 Å². The van der Waals surface area contributed by atoms with E-state index in [0.29, 0.717) is 31.7 Å². The summed E-state index contributed by atoms with van der Waals surface area (Å²) in [5.41, 5.74) is 2.40. The van der Waals surface area contributed by atoms with Crippen molar-refractivity contribution in [3.63, 3.8) is 0 Å². The molecule has 3 aromatic rings. The molecule has 0 radical (unpaired) electrons. The van der Waals surface area contributed by atoms with E-state index < -0.39 is 10.1 Å². The van der Waals surface area contributed by atoms with E-state index in [1.807, 2.05) is 41.6 Å². The maximum absolute atomic E-state index is 12.7. The van der Waals surface area contributed by atoms with Gasteiger partial charge in [0.15, 0.2) is 11.5 Å². The maximum Gasteiger partial charge on any atom is 0.339 e. The monoisotopic (exact) mass is 589 g/mol. The van der Waals surface area contributed by atoms with Crippen LogP contribution in [-0.2, 0) is 10.1 Å². The molecular formula is C22H18Cl2INO4S. The van der Waals surface area contributed by atoms with Gasteiger partial charge >= 0.3 is 10.1 Å². The Bertz CT molecular complexity index is 1230. The first-order valence-electron chi connectivity index (χ1n) is 9.16. The molecule has 9 heteroatoms. The molecule has 162 valence electrons. The highest BCUT2D eigenvalue weighted by molar-refractivity contribution is 14.1. The highest BCUT2D eigenvalue weighted by Crippen LogP contribution is 2.36. The smallest absolute Gasteiger partial charge is 0.339 e. The summed E-state index contributed by atoms with van der Waals surface area (Å²) in [6, 6.07) is 14.7. The summed E-state index contributed by atoms with van der Waals surface area (Å²) in [6.45, 7) is 4.06. The number of ether oxygens (including phenoxy) is 1. The summed E-state index contributed by atoms with van der Waals surface area (Å²) in [6.07, 6.45) is 1.66. The molecule has 0 aliphatic heterocycles. The lowest BCUT2D eigenvalue weighted by molar-refractivity contribution is 0.327. The van der Waals surface area contributed by atoms with Gasteiger partial charge in [-0.15, -0.1) is 0 Å². The third-order valence-corrected chi connectivity index (χ3v) is 6.84. The van der Waals surface area contributed by atoms with Crippen LogP contribution in [0.15, 0.2) is 64.5 Å². The minimum absolute atomic E-state index is 0.00274. The minimum Gasteiger partial charge on any atom is -0.490 e. The number of rotatable bonds is 7. The lowest BCUT2D eigenvalue weighted by Gasteiger charge is -2.14. The second-order valence-corrected chi connectivity index (χ2v) is 10.00. The van der Waals surface area contributed by atoms with Crippen LogP contribution in [0.3, 0.4) is 0 Å². The van der Waals surface area contributed by atoms with Gasteiger partial charge in [-0.25, -0.2) is 0 Å². The average molecular weight is 590 g/mol. The van der Waals surface area contributed by atoms with E-state index in [-0.39, 0.29) is 10.6 Å². The van der Waals surface area contributed by atoms with Crippen molar-refractivity contribution < 1.29 is 17.3 Å². The van der Waals surface area contributed by atoms with Crippen molar-refractivity contribution in [2.75, 3.05) is 6.61 Å². The van der Waals surface area contributed by atoms with Gasteiger partial charge in [-0.3, -0.25) is 4.99 Å². The molecule has 0 aliphatic carbocycles. The summed E-state index contributed by atoms with van der Waals surface area (Å²) in [5.74, 6) is 0.420. The molecule has 5 nitrogen and oxygen atoms in total. The van der Waals surface area contributed by atoms with Crippen LogP contribution in [0.4, 0.5) is 5.69 Å². The van der Waals surface area contributed by atoms with Gasteiger partial charge in [0.25, 0.3) is 0 Å². The van der Waals surface area contributed by atoms with Crippen molar-refractivity contribution in [1.82, 2.24) is 0 Å². The van der Waals surface area contributed by atoms with Crippen LogP contribution in [0.25, 0.3) is 0 Å². The van der Waals surface area contributed by atoms with Gasteiger partial charge in [0.2, 0.25) is 0 Å². The summed E-state index contributed by atoms with van der Waals surface area (Å²) >= 11 is 14.0. The zero-order valence-electron chi connectivity index (χ0n) is 16.6. The quantitative estimate of drug-likeness (QED) is 0.172. The van der Waals surface area contributed by atoms with Crippen LogP contribution >= 0.6 is 45.8 Å². The molecule has 3 aromatic carbocycles. The van der Waals surface area contributed by atoms with E-state index in [1.54, 1.807) is 31.3 Å². The molecule has 0 aromatic heterocycles. The number of hydrogen-bond acceptors (Lipinski definition) is 5. The molecule has 0 fully saturated rings. The molecule has 0 saturated carbocycles. The number of aliphatic imine (C=N–C) groups is 1. The predicted molar refractivity (Wildman–Crippen MR) is 133 cm³/mol. The van der Waals surface area contributed by atoms with Gasteiger partial charge in [0.1, 0.15) is 4.90 Å². The highest BCUT2D eigenvalue weighted by atomic mass is 127. The first-order chi connectivity index (χ1) is 14.7. The van der Waals surface area contributed by atoms with E-state index in [4.69, 9.17) is 32.1 Å². The average Bonchev–Trinajstić information content (AvgIpc) is 2.72. The van der Waals surface area contributed by atoms with Crippen molar-refractivity contribution >= 4 is 67.8 Å². The lowest BCUT2D eigenvalue weighted by atomic mass is 10.2. The molecule has 31 heavy (non-hydrogen) atoms. The Morgan fingerprint density at radius 3 is 2.42 bits per heavy atom. The highest BCUT2D eigenvalue weighted by Gasteiger charge is 2.22. The number of halogens is 3. The summed E-state index contributed by atoms with van der Waals surface area (Å²) < 4.78 is 37.1. The molecule has 0 N–H and O–H groups in total. The molecule has 0 unspecified atom stereocenters. The second-order valence-electron chi connectivity index (χ2n) is 6.45. The fourth-order valence-electron chi connectivity index (χ4n) is 2.58. The standard InChI is InChI=1S/C22H18Cl2INO4S/c1-3-29-21-11-15(13-26-17-7-4-14(2)19(24)12-17)10-20(25)22(21)30-31(27,28)18-8-5-16(23)6-9-18/h4-13H,3H2,1-2H3. The first kappa shape index (κ1) is 23.8. The maximum atomic E-state index is 12.7. The second kappa shape index (κ2) is 10.2. The minimum atomic E-state index is -4.06. The summed E-state index contributed by atoms with van der Waals surface area (Å²) in [7, 11) is -4.06. The normalized spacial score (nSPS) is 11.6. The SMILES string of the molecule is CCOc1cc(C=Nc2ccc(C)c(Cl)c2)cc(I)c1OS(=O)(=O)c1ccc(Cl)cc1. The Labute approximate surface area is 205 Å². The van der Waals surface area contributed by atoms with Crippen molar-refractivity contribution in [2.24, 2.45) is 4.99 Å². The molecule has 0 aliphatic rings. The Morgan fingerprint density at radius 2 is 1.77 bits per heavy atom. The van der Waals surface area contributed by atoms with Crippen molar-refractivity contribution in [2.45, 2.75) is 18.7 Å². The Morgan fingerprint density at radius 1 is 1.06 bits per heavy atom. The number of hydrogen-bond donors (Lipinski definition) is 0. The van der Waals surface area contributed by atoms with E-state index in [0.717, 1.165) is 11.1 Å². The number of nitrogens with zero attached hydrogens (tertiary/aromatic N) is 1. The van der Waals surface area contributed by atoms with Crippen LogP contribution in [0.1, 0.15) is 18.1 Å². The Kier molecular flexibility index (Phi) is 7.85. The fourth-order valence-corrected chi connectivity index (χ4v) is 4.72. The van der Waals surface area contributed by atoms with Gasteiger partial charge in [-0.2, -0.15) is 8.42 Å². The summed E-state index contributed by atoms with van der Waals surface area (Å²) in [5, 5.41) is 1.07. The molecule has 0 heterocycles. The van der Waals surface area contributed by atoms with Crippen molar-refractivity contribution in [1.29, 1.82) is 0 Å². The van der Waals surface area contributed by atoms with Crippen LogP contribution in [-0.4, -0.2) is 21.2 Å². The van der Waals surface area contributed by atoms with Crippen LogP contribution in [0.5, 0.6) is 11.5 Å². The van der Waals surface area contributed by atoms with E-state index in [1.165, 1.54) is 24.3 Å². The number of aryl methyl sites for hydroxylation is 1.